The van der Waals surface area contributed by atoms with Crippen molar-refractivity contribution in [3.63, 3.8) is 0 Å². The maximum absolute atomic E-state index is 13.5. The molecule has 138 valence electrons. The number of rotatable bonds is 6. The van der Waals surface area contributed by atoms with Crippen LogP contribution in [0.15, 0.2) is 24.3 Å². The predicted molar refractivity (Wildman–Crippen MR) is 96.1 cm³/mol. The lowest BCUT2D eigenvalue weighted by atomic mass is 10.1. The number of nitrogens with one attached hydrogen (secondary N) is 2. The number of anilines is 3. The summed E-state index contributed by atoms with van der Waals surface area (Å²) in [5.74, 6) is 0.651. The van der Waals surface area contributed by atoms with E-state index < -0.39 is 12.6 Å². The average Bonchev–Trinajstić information content (AvgIpc) is 3.00. The van der Waals surface area contributed by atoms with Gasteiger partial charge in [-0.15, -0.1) is 0 Å². The topological polar surface area (TPSA) is 64.9 Å². The Morgan fingerprint density at radius 2 is 2.19 bits per heavy atom. The zero-order valence-electron chi connectivity index (χ0n) is 13.7. The van der Waals surface area contributed by atoms with E-state index in [0.717, 1.165) is 6.21 Å². The van der Waals surface area contributed by atoms with Crippen LogP contribution < -0.4 is 10.2 Å². The van der Waals surface area contributed by atoms with Crippen LogP contribution >= 0.6 is 11.6 Å². The highest BCUT2D eigenvalue weighted by Gasteiger charge is 2.26. The fourth-order valence-corrected chi connectivity index (χ4v) is 3.07. The van der Waals surface area contributed by atoms with E-state index in [1.54, 1.807) is 29.2 Å². The first-order valence-electron chi connectivity index (χ1n) is 8.07. The summed E-state index contributed by atoms with van der Waals surface area (Å²) in [4.78, 5) is 9.97. The fourth-order valence-electron chi connectivity index (χ4n) is 2.90. The van der Waals surface area contributed by atoms with Gasteiger partial charge in [-0.1, -0.05) is 12.1 Å². The Morgan fingerprint density at radius 1 is 1.38 bits per heavy atom. The van der Waals surface area contributed by atoms with Crippen molar-refractivity contribution in [1.82, 2.24) is 9.97 Å². The quantitative estimate of drug-likeness (QED) is 0.579. The van der Waals surface area contributed by atoms with Crippen molar-refractivity contribution < 1.29 is 13.2 Å². The van der Waals surface area contributed by atoms with Gasteiger partial charge in [0.05, 0.1) is 12.1 Å². The highest BCUT2D eigenvalue weighted by Crippen LogP contribution is 2.30. The van der Waals surface area contributed by atoms with Crippen LogP contribution in [0.4, 0.5) is 30.5 Å². The largest absolute Gasteiger partial charge is 0.353 e. The smallest absolute Gasteiger partial charge is 0.242 e. The van der Waals surface area contributed by atoms with E-state index in [-0.39, 0.29) is 24.1 Å². The lowest BCUT2D eigenvalue weighted by Crippen LogP contribution is -2.23. The third-order valence-electron chi connectivity index (χ3n) is 4.05. The number of hydrogen-bond acceptors (Lipinski definition) is 5. The first kappa shape index (κ1) is 18.4. The molecule has 1 aliphatic heterocycles. The standard InChI is InChI=1S/C17H17ClF3N5/c18-17-24-15(23-12-3-1-2-10(6-12)7-14(20)21)13(8-22)16(25-17)26-5-4-11(19)9-26/h1-3,6,8,11,14,22H,4-5,7,9H2,(H,23,24,25). The van der Waals surface area contributed by atoms with Gasteiger partial charge in [-0.05, 0) is 35.7 Å². The minimum atomic E-state index is -2.44. The SMILES string of the molecule is N=Cc1c(Nc2cccc(CC(F)F)c2)nc(Cl)nc1N1CCC(F)C1. The zero-order valence-corrected chi connectivity index (χ0v) is 14.5. The lowest BCUT2D eigenvalue weighted by Gasteiger charge is -2.20. The molecular weight excluding hydrogens is 367 g/mol. The molecule has 1 aromatic heterocycles. The highest BCUT2D eigenvalue weighted by atomic mass is 35.5. The van der Waals surface area contributed by atoms with Gasteiger partial charge in [0, 0.05) is 24.9 Å². The Bertz CT molecular complexity index is 802. The van der Waals surface area contributed by atoms with E-state index in [0.29, 0.717) is 35.6 Å². The summed E-state index contributed by atoms with van der Waals surface area (Å²) in [5.41, 5.74) is 1.38. The molecule has 1 atom stereocenters. The number of benzene rings is 1. The summed E-state index contributed by atoms with van der Waals surface area (Å²) < 4.78 is 38.7. The third kappa shape index (κ3) is 4.24. The zero-order chi connectivity index (χ0) is 18.7. The van der Waals surface area contributed by atoms with Crippen molar-refractivity contribution in [3.05, 3.63) is 40.7 Å². The number of hydrogen-bond donors (Lipinski definition) is 2. The van der Waals surface area contributed by atoms with Crippen LogP contribution in [0.3, 0.4) is 0 Å². The molecule has 1 saturated heterocycles. The minimum absolute atomic E-state index is 0.0425. The van der Waals surface area contributed by atoms with Gasteiger partial charge >= 0.3 is 0 Å². The molecule has 2 heterocycles. The minimum Gasteiger partial charge on any atom is -0.353 e. The van der Waals surface area contributed by atoms with Gasteiger partial charge in [-0.25, -0.2) is 13.2 Å². The summed E-state index contributed by atoms with van der Waals surface area (Å²) in [5, 5.41) is 10.7. The van der Waals surface area contributed by atoms with Gasteiger partial charge in [0.1, 0.15) is 17.8 Å². The number of halogens is 4. The number of aromatic nitrogens is 2. The average molecular weight is 384 g/mol. The van der Waals surface area contributed by atoms with Crippen LogP contribution in [0.1, 0.15) is 17.5 Å². The summed E-state index contributed by atoms with van der Waals surface area (Å²) in [6.07, 6.45) is -2.29. The van der Waals surface area contributed by atoms with Crippen LogP contribution in [-0.4, -0.2) is 41.9 Å². The molecule has 2 N–H and O–H groups in total. The van der Waals surface area contributed by atoms with Gasteiger partial charge in [0.25, 0.3) is 0 Å². The fraction of sp³-hybridized carbons (Fsp3) is 0.353. The molecule has 0 saturated carbocycles. The maximum Gasteiger partial charge on any atom is 0.242 e. The Morgan fingerprint density at radius 3 is 2.85 bits per heavy atom. The molecule has 0 spiro atoms. The Labute approximate surface area is 153 Å². The van der Waals surface area contributed by atoms with Crippen molar-refractivity contribution in [1.29, 1.82) is 5.41 Å². The van der Waals surface area contributed by atoms with Crippen molar-refractivity contribution in [2.75, 3.05) is 23.3 Å². The number of alkyl halides is 3. The van der Waals surface area contributed by atoms with Crippen LogP contribution in [0, 0.1) is 5.41 Å². The van der Waals surface area contributed by atoms with Crippen molar-refractivity contribution in [2.45, 2.75) is 25.4 Å². The first-order valence-corrected chi connectivity index (χ1v) is 8.45. The molecule has 1 fully saturated rings. The molecule has 2 aromatic rings. The first-order chi connectivity index (χ1) is 12.5. The molecule has 3 rings (SSSR count). The molecular formula is C17H17ClF3N5. The second kappa shape index (κ2) is 7.90. The molecule has 5 nitrogen and oxygen atoms in total. The van der Waals surface area contributed by atoms with Crippen molar-refractivity contribution in [3.8, 4) is 0 Å². The van der Waals surface area contributed by atoms with E-state index in [1.165, 1.54) is 0 Å². The van der Waals surface area contributed by atoms with Gasteiger partial charge in [-0.3, -0.25) is 0 Å². The normalized spacial score (nSPS) is 17.0. The molecule has 0 aliphatic carbocycles. The van der Waals surface area contributed by atoms with Gasteiger partial charge in [0.2, 0.25) is 11.7 Å². The third-order valence-corrected chi connectivity index (χ3v) is 4.22. The van der Waals surface area contributed by atoms with Crippen molar-refractivity contribution in [2.24, 2.45) is 0 Å². The van der Waals surface area contributed by atoms with Crippen LogP contribution in [0.25, 0.3) is 0 Å². The van der Waals surface area contributed by atoms with E-state index in [1.807, 2.05) is 0 Å². The lowest BCUT2D eigenvalue weighted by molar-refractivity contribution is 0.149. The second-order valence-electron chi connectivity index (χ2n) is 5.98. The van der Waals surface area contributed by atoms with Crippen LogP contribution in [-0.2, 0) is 6.42 Å². The van der Waals surface area contributed by atoms with E-state index in [9.17, 15) is 13.2 Å². The molecule has 1 aromatic carbocycles. The van der Waals surface area contributed by atoms with Gasteiger partial charge < -0.3 is 15.6 Å². The Kier molecular flexibility index (Phi) is 5.61. The molecule has 0 radical (unpaired) electrons. The van der Waals surface area contributed by atoms with Gasteiger partial charge in [-0.2, -0.15) is 9.97 Å². The van der Waals surface area contributed by atoms with E-state index in [2.05, 4.69) is 15.3 Å². The molecule has 1 aliphatic rings. The van der Waals surface area contributed by atoms with E-state index >= 15 is 0 Å². The molecule has 26 heavy (non-hydrogen) atoms. The van der Waals surface area contributed by atoms with Crippen molar-refractivity contribution >= 4 is 35.1 Å². The maximum atomic E-state index is 13.5. The Balaban J connectivity index is 1.92. The molecule has 9 heteroatoms. The molecule has 0 amide bonds. The summed E-state index contributed by atoms with van der Waals surface area (Å²) in [7, 11) is 0. The number of nitrogens with zero attached hydrogens (tertiary/aromatic N) is 3. The van der Waals surface area contributed by atoms with Crippen LogP contribution in [0.2, 0.25) is 5.28 Å². The van der Waals surface area contributed by atoms with E-state index in [4.69, 9.17) is 17.0 Å². The summed E-state index contributed by atoms with van der Waals surface area (Å²) in [6.45, 7) is 0.649. The molecule has 0 bridgehead atoms. The highest BCUT2D eigenvalue weighted by molar-refractivity contribution is 6.28. The summed E-state index contributed by atoms with van der Waals surface area (Å²) in [6, 6.07) is 6.55. The van der Waals surface area contributed by atoms with Gasteiger partial charge in [0.15, 0.2) is 0 Å². The Hall–Kier alpha value is -2.35. The molecule has 1 unspecified atom stereocenters. The monoisotopic (exact) mass is 383 g/mol. The second-order valence-corrected chi connectivity index (χ2v) is 6.31. The van der Waals surface area contributed by atoms with Crippen LogP contribution in [0.5, 0.6) is 0 Å². The predicted octanol–water partition coefficient (Wildman–Crippen LogP) is 4.23. The summed E-state index contributed by atoms with van der Waals surface area (Å²) >= 11 is 6.00.